The fraction of sp³-hybridized carbons (Fsp3) is 0.143. The van der Waals surface area contributed by atoms with Gasteiger partial charge in [-0.25, -0.2) is 13.4 Å². The molecule has 2 aromatic rings. The second-order valence-electron chi connectivity index (χ2n) is 4.76. The van der Waals surface area contributed by atoms with Crippen LogP contribution < -0.4 is 0 Å². The summed E-state index contributed by atoms with van der Waals surface area (Å²) in [6, 6.07) is 8.05. The van der Waals surface area contributed by atoms with Crippen molar-refractivity contribution < 1.29 is 21.6 Å². The smallest absolute Gasteiger partial charge is 0.259 e. The Kier molecular flexibility index (Phi) is 3.59. The number of benzene rings is 1. The van der Waals surface area contributed by atoms with E-state index in [9.17, 15) is 21.6 Å². The van der Waals surface area contributed by atoms with E-state index in [2.05, 4.69) is 9.98 Å². The Labute approximate surface area is 130 Å². The summed E-state index contributed by atoms with van der Waals surface area (Å²) >= 11 is 0. The number of fused-ring (bicyclic) bond motifs is 1. The molecule has 0 spiro atoms. The molecule has 0 amide bonds. The van der Waals surface area contributed by atoms with E-state index < -0.39 is 28.3 Å². The summed E-state index contributed by atoms with van der Waals surface area (Å²) in [7, 11) is -3.97. The standard InChI is InChI=1S/C14H10F3N3O2S/c15-14(16,17)10-4-3-7-18-12(10)8-20-9-19-11-5-1-2-6-13(11)23(20,21)22/h1-7,9H,8H2. The highest BCUT2D eigenvalue weighted by molar-refractivity contribution is 7.89. The van der Waals surface area contributed by atoms with E-state index in [1.165, 1.54) is 24.4 Å². The number of halogens is 3. The third-order valence-corrected chi connectivity index (χ3v) is 5.02. The zero-order chi connectivity index (χ0) is 16.7. The molecule has 0 unspecified atom stereocenters. The minimum absolute atomic E-state index is 0.0491. The monoisotopic (exact) mass is 341 g/mol. The van der Waals surface area contributed by atoms with Gasteiger partial charge in [-0.05, 0) is 24.3 Å². The summed E-state index contributed by atoms with van der Waals surface area (Å²) in [4.78, 5) is 7.59. The van der Waals surface area contributed by atoms with E-state index in [-0.39, 0.29) is 16.3 Å². The number of pyridine rings is 1. The fourth-order valence-electron chi connectivity index (χ4n) is 2.19. The van der Waals surface area contributed by atoms with Crippen LogP contribution >= 0.6 is 0 Å². The second-order valence-corrected chi connectivity index (χ2v) is 6.62. The average molecular weight is 341 g/mol. The molecule has 1 aromatic carbocycles. The van der Waals surface area contributed by atoms with Crippen molar-refractivity contribution in [2.45, 2.75) is 17.6 Å². The quantitative estimate of drug-likeness (QED) is 0.844. The highest BCUT2D eigenvalue weighted by atomic mass is 32.2. The number of aliphatic imine (C=N–C) groups is 1. The Morgan fingerprint density at radius 2 is 1.83 bits per heavy atom. The molecule has 9 heteroatoms. The van der Waals surface area contributed by atoms with Gasteiger partial charge in [0.05, 0.1) is 23.5 Å². The van der Waals surface area contributed by atoms with Crippen LogP contribution in [0.2, 0.25) is 0 Å². The van der Waals surface area contributed by atoms with Crippen LogP contribution in [0.3, 0.4) is 0 Å². The molecule has 1 aromatic heterocycles. The van der Waals surface area contributed by atoms with Gasteiger partial charge in [0.15, 0.2) is 0 Å². The number of hydrogen-bond acceptors (Lipinski definition) is 4. The van der Waals surface area contributed by atoms with E-state index in [0.29, 0.717) is 0 Å². The third-order valence-electron chi connectivity index (χ3n) is 3.28. The molecular weight excluding hydrogens is 331 g/mol. The van der Waals surface area contributed by atoms with Crippen molar-refractivity contribution >= 4 is 22.0 Å². The van der Waals surface area contributed by atoms with Crippen LogP contribution in [0.15, 0.2) is 52.5 Å². The molecule has 0 N–H and O–H groups in total. The lowest BCUT2D eigenvalue weighted by Gasteiger charge is -2.24. The number of rotatable bonds is 2. The minimum Gasteiger partial charge on any atom is -0.259 e. The van der Waals surface area contributed by atoms with Crippen molar-refractivity contribution in [3.05, 3.63) is 53.9 Å². The summed E-state index contributed by atoms with van der Waals surface area (Å²) in [5.74, 6) is 0. The van der Waals surface area contributed by atoms with Gasteiger partial charge in [0, 0.05) is 6.20 Å². The lowest BCUT2D eigenvalue weighted by Crippen LogP contribution is -2.32. The third kappa shape index (κ3) is 2.79. The van der Waals surface area contributed by atoms with Crippen LogP contribution in [0.25, 0.3) is 0 Å². The minimum atomic E-state index is -4.61. The summed E-state index contributed by atoms with van der Waals surface area (Å²) in [6.45, 7) is -0.546. The molecule has 0 saturated heterocycles. The summed E-state index contributed by atoms with van der Waals surface area (Å²) in [6.07, 6.45) is -2.42. The van der Waals surface area contributed by atoms with Crippen LogP contribution in [0.5, 0.6) is 0 Å². The number of para-hydroxylation sites is 1. The van der Waals surface area contributed by atoms with E-state index in [4.69, 9.17) is 0 Å². The average Bonchev–Trinajstić information content (AvgIpc) is 2.50. The zero-order valence-corrected chi connectivity index (χ0v) is 12.3. The van der Waals surface area contributed by atoms with Gasteiger partial charge in [0.25, 0.3) is 10.0 Å². The van der Waals surface area contributed by atoms with Crippen molar-refractivity contribution in [1.29, 1.82) is 0 Å². The Balaban J connectivity index is 2.01. The first kappa shape index (κ1) is 15.5. The maximum Gasteiger partial charge on any atom is 0.418 e. The van der Waals surface area contributed by atoms with Gasteiger partial charge in [0.1, 0.15) is 11.2 Å². The molecule has 0 bridgehead atoms. The van der Waals surface area contributed by atoms with Crippen LogP contribution in [0.1, 0.15) is 11.3 Å². The van der Waals surface area contributed by atoms with Crippen molar-refractivity contribution in [1.82, 2.24) is 9.29 Å². The van der Waals surface area contributed by atoms with E-state index in [1.807, 2.05) is 0 Å². The van der Waals surface area contributed by atoms with Gasteiger partial charge in [-0.1, -0.05) is 12.1 Å². The van der Waals surface area contributed by atoms with E-state index >= 15 is 0 Å². The zero-order valence-electron chi connectivity index (χ0n) is 11.5. The molecule has 23 heavy (non-hydrogen) atoms. The van der Waals surface area contributed by atoms with E-state index in [1.54, 1.807) is 6.07 Å². The SMILES string of the molecule is O=S1(=O)c2ccccc2N=CN1Cc1ncccc1C(F)(F)F. The molecule has 0 aliphatic carbocycles. The molecule has 2 heterocycles. The number of aromatic nitrogens is 1. The molecule has 0 atom stereocenters. The van der Waals surface area contributed by atoms with Crippen LogP contribution in [-0.4, -0.2) is 24.0 Å². The number of nitrogens with zero attached hydrogens (tertiary/aromatic N) is 3. The molecule has 0 saturated carbocycles. The van der Waals surface area contributed by atoms with Gasteiger partial charge < -0.3 is 0 Å². The molecule has 5 nitrogen and oxygen atoms in total. The fourth-order valence-corrected chi connectivity index (χ4v) is 3.54. The van der Waals surface area contributed by atoms with Gasteiger partial charge in [-0.2, -0.15) is 13.2 Å². The molecule has 0 radical (unpaired) electrons. The summed E-state index contributed by atoms with van der Waals surface area (Å²) in [5, 5.41) is 0. The van der Waals surface area contributed by atoms with Gasteiger partial charge in [-0.15, -0.1) is 0 Å². The lowest BCUT2D eigenvalue weighted by atomic mass is 10.2. The van der Waals surface area contributed by atoms with Crippen molar-refractivity contribution in [3.8, 4) is 0 Å². The van der Waals surface area contributed by atoms with Crippen molar-refractivity contribution in [2.24, 2.45) is 4.99 Å². The summed E-state index contributed by atoms with van der Waals surface area (Å²) in [5.41, 5.74) is -1.10. The second kappa shape index (κ2) is 5.34. The van der Waals surface area contributed by atoms with Crippen LogP contribution in [-0.2, 0) is 22.7 Å². The summed E-state index contributed by atoms with van der Waals surface area (Å²) < 4.78 is 64.7. The largest absolute Gasteiger partial charge is 0.418 e. The lowest BCUT2D eigenvalue weighted by molar-refractivity contribution is -0.138. The van der Waals surface area contributed by atoms with Crippen LogP contribution in [0, 0.1) is 0 Å². The topological polar surface area (TPSA) is 62.6 Å². The highest BCUT2D eigenvalue weighted by Crippen LogP contribution is 2.34. The predicted molar refractivity (Wildman–Crippen MR) is 76.6 cm³/mol. The van der Waals surface area contributed by atoms with Gasteiger partial charge >= 0.3 is 6.18 Å². The first-order chi connectivity index (χ1) is 10.8. The Hall–Kier alpha value is -2.42. The first-order valence-electron chi connectivity index (χ1n) is 6.46. The molecule has 120 valence electrons. The molecule has 1 aliphatic heterocycles. The highest BCUT2D eigenvalue weighted by Gasteiger charge is 2.36. The predicted octanol–water partition coefficient (Wildman–Crippen LogP) is 2.96. The molecule has 3 rings (SSSR count). The maximum absolute atomic E-state index is 13.0. The first-order valence-corrected chi connectivity index (χ1v) is 7.90. The number of sulfonamides is 1. The van der Waals surface area contributed by atoms with Crippen LogP contribution in [0.4, 0.5) is 18.9 Å². The molecular formula is C14H10F3N3O2S. The van der Waals surface area contributed by atoms with Crippen molar-refractivity contribution in [3.63, 3.8) is 0 Å². The van der Waals surface area contributed by atoms with E-state index in [0.717, 1.165) is 22.8 Å². The number of hydrogen-bond donors (Lipinski definition) is 0. The molecule has 0 fully saturated rings. The van der Waals surface area contributed by atoms with Crippen molar-refractivity contribution in [2.75, 3.05) is 0 Å². The Bertz CT molecular complexity index is 879. The normalized spacial score (nSPS) is 16.2. The molecule has 1 aliphatic rings. The Morgan fingerprint density at radius 3 is 2.57 bits per heavy atom. The Morgan fingerprint density at radius 1 is 1.09 bits per heavy atom. The number of alkyl halides is 3. The van der Waals surface area contributed by atoms with Gasteiger partial charge in [0.2, 0.25) is 0 Å². The van der Waals surface area contributed by atoms with Gasteiger partial charge in [-0.3, -0.25) is 9.29 Å². The maximum atomic E-state index is 13.0.